The number of carbonyl (C=O) groups excluding carboxylic acids is 2. The van der Waals surface area contributed by atoms with Crippen molar-refractivity contribution >= 4 is 11.8 Å². The van der Waals surface area contributed by atoms with Crippen molar-refractivity contribution in [1.82, 2.24) is 9.80 Å². The van der Waals surface area contributed by atoms with E-state index in [-0.39, 0.29) is 17.7 Å². The molecule has 21 heavy (non-hydrogen) atoms. The summed E-state index contributed by atoms with van der Waals surface area (Å²) in [6.45, 7) is 6.38. The molecule has 2 aliphatic rings. The molecule has 0 bridgehead atoms. The summed E-state index contributed by atoms with van der Waals surface area (Å²) in [6.07, 6.45) is 4.78. The van der Waals surface area contributed by atoms with Gasteiger partial charge in [0.2, 0.25) is 11.8 Å². The first-order valence-corrected chi connectivity index (χ1v) is 8.18. The lowest BCUT2D eigenvalue weighted by molar-refractivity contribution is -0.139. The van der Waals surface area contributed by atoms with Gasteiger partial charge in [-0.25, -0.2) is 0 Å². The molecule has 0 spiro atoms. The van der Waals surface area contributed by atoms with Crippen LogP contribution in [-0.4, -0.2) is 58.5 Å². The van der Waals surface area contributed by atoms with Crippen molar-refractivity contribution in [3.63, 3.8) is 0 Å². The van der Waals surface area contributed by atoms with E-state index < -0.39 is 5.60 Å². The summed E-state index contributed by atoms with van der Waals surface area (Å²) in [5.74, 6) is 0.389. The Morgan fingerprint density at radius 3 is 2.81 bits per heavy atom. The Morgan fingerprint density at radius 1 is 1.33 bits per heavy atom. The van der Waals surface area contributed by atoms with E-state index in [1.807, 2.05) is 23.6 Å². The topological polar surface area (TPSA) is 60.9 Å². The van der Waals surface area contributed by atoms with Gasteiger partial charge in [-0.3, -0.25) is 9.59 Å². The molecule has 2 atom stereocenters. The molecule has 2 amide bonds. The summed E-state index contributed by atoms with van der Waals surface area (Å²) in [5, 5.41) is 10.2. The molecule has 0 radical (unpaired) electrons. The van der Waals surface area contributed by atoms with Crippen molar-refractivity contribution in [2.24, 2.45) is 5.92 Å². The SMILES string of the molecule is C[C@@H]1CN(C(=O)CCN2CCCCCC2=O)CC[C@]1(C)O. The van der Waals surface area contributed by atoms with Crippen LogP contribution in [0.3, 0.4) is 0 Å². The number of carbonyl (C=O) groups is 2. The van der Waals surface area contributed by atoms with Crippen molar-refractivity contribution < 1.29 is 14.7 Å². The molecule has 2 heterocycles. The third-order valence-electron chi connectivity index (χ3n) is 5.06. The van der Waals surface area contributed by atoms with Crippen LogP contribution in [0.4, 0.5) is 0 Å². The average molecular weight is 296 g/mol. The fourth-order valence-corrected chi connectivity index (χ4v) is 3.12. The van der Waals surface area contributed by atoms with Gasteiger partial charge in [0.25, 0.3) is 0 Å². The maximum absolute atomic E-state index is 12.3. The highest BCUT2D eigenvalue weighted by molar-refractivity contribution is 5.79. The second-order valence-electron chi connectivity index (χ2n) is 6.79. The summed E-state index contributed by atoms with van der Waals surface area (Å²) in [6, 6.07) is 0. The van der Waals surface area contributed by atoms with E-state index in [2.05, 4.69) is 0 Å². The fraction of sp³-hybridized carbons (Fsp3) is 0.875. The third kappa shape index (κ3) is 4.19. The van der Waals surface area contributed by atoms with Crippen LogP contribution in [0.25, 0.3) is 0 Å². The number of piperidine rings is 1. The summed E-state index contributed by atoms with van der Waals surface area (Å²) in [5.41, 5.74) is -0.669. The minimum Gasteiger partial charge on any atom is -0.390 e. The Morgan fingerprint density at radius 2 is 2.10 bits per heavy atom. The molecule has 2 aliphatic heterocycles. The Kier molecular flexibility index (Phi) is 5.25. The third-order valence-corrected chi connectivity index (χ3v) is 5.06. The van der Waals surface area contributed by atoms with Crippen molar-refractivity contribution in [2.75, 3.05) is 26.2 Å². The van der Waals surface area contributed by atoms with Crippen LogP contribution in [0, 0.1) is 5.92 Å². The zero-order valence-electron chi connectivity index (χ0n) is 13.3. The molecule has 0 unspecified atom stereocenters. The first-order chi connectivity index (χ1) is 9.90. The van der Waals surface area contributed by atoms with Crippen molar-refractivity contribution in [3.05, 3.63) is 0 Å². The maximum atomic E-state index is 12.3. The van der Waals surface area contributed by atoms with Crippen LogP contribution in [0.1, 0.15) is 52.4 Å². The van der Waals surface area contributed by atoms with Gasteiger partial charge in [-0.1, -0.05) is 13.3 Å². The number of amides is 2. The standard InChI is InChI=1S/C16H28N2O3/c1-13-12-18(11-8-16(13,2)21)15(20)7-10-17-9-5-3-4-6-14(17)19/h13,21H,3-12H2,1-2H3/t13-,16+/m1/s1. The molecule has 0 saturated carbocycles. The minimum absolute atomic E-state index is 0.0926. The summed E-state index contributed by atoms with van der Waals surface area (Å²) in [4.78, 5) is 27.9. The number of aliphatic hydroxyl groups is 1. The Balaban J connectivity index is 1.80. The maximum Gasteiger partial charge on any atom is 0.224 e. The molecule has 120 valence electrons. The first-order valence-electron chi connectivity index (χ1n) is 8.18. The molecule has 2 saturated heterocycles. The Bertz CT molecular complexity index is 395. The summed E-state index contributed by atoms with van der Waals surface area (Å²) in [7, 11) is 0. The number of hydrogen-bond acceptors (Lipinski definition) is 3. The van der Waals surface area contributed by atoms with Gasteiger partial charge in [0.15, 0.2) is 0 Å². The highest BCUT2D eigenvalue weighted by atomic mass is 16.3. The molecule has 1 N–H and O–H groups in total. The van der Waals surface area contributed by atoms with Crippen LogP contribution in [-0.2, 0) is 9.59 Å². The molecule has 5 heteroatoms. The highest BCUT2D eigenvalue weighted by Crippen LogP contribution is 2.27. The zero-order chi connectivity index (χ0) is 15.5. The minimum atomic E-state index is -0.669. The number of likely N-dealkylation sites (tertiary alicyclic amines) is 2. The lowest BCUT2D eigenvalue weighted by atomic mass is 9.84. The van der Waals surface area contributed by atoms with Crippen molar-refractivity contribution in [3.8, 4) is 0 Å². The molecular weight excluding hydrogens is 268 g/mol. The van der Waals surface area contributed by atoms with Crippen molar-refractivity contribution in [1.29, 1.82) is 0 Å². The van der Waals surface area contributed by atoms with Gasteiger partial charge in [0.1, 0.15) is 0 Å². The van der Waals surface area contributed by atoms with E-state index in [4.69, 9.17) is 0 Å². The monoisotopic (exact) mass is 296 g/mol. The predicted molar refractivity (Wildman–Crippen MR) is 80.6 cm³/mol. The van der Waals surface area contributed by atoms with E-state index in [1.54, 1.807) is 0 Å². The molecule has 0 aromatic rings. The van der Waals surface area contributed by atoms with Crippen LogP contribution in [0.15, 0.2) is 0 Å². The molecule has 2 fully saturated rings. The Hall–Kier alpha value is -1.10. The molecule has 0 aliphatic carbocycles. The van der Waals surface area contributed by atoms with Crippen LogP contribution >= 0.6 is 0 Å². The normalized spacial score (nSPS) is 31.2. The summed E-state index contributed by atoms with van der Waals surface area (Å²) < 4.78 is 0. The van der Waals surface area contributed by atoms with Gasteiger partial charge >= 0.3 is 0 Å². The van der Waals surface area contributed by atoms with E-state index in [9.17, 15) is 14.7 Å². The molecule has 0 aromatic heterocycles. The second-order valence-corrected chi connectivity index (χ2v) is 6.79. The molecule has 0 aromatic carbocycles. The smallest absolute Gasteiger partial charge is 0.224 e. The Labute approximate surface area is 127 Å². The number of nitrogens with zero attached hydrogens (tertiary/aromatic N) is 2. The van der Waals surface area contributed by atoms with E-state index in [0.29, 0.717) is 38.9 Å². The average Bonchev–Trinajstić information content (AvgIpc) is 2.64. The van der Waals surface area contributed by atoms with Crippen LogP contribution in [0.5, 0.6) is 0 Å². The largest absolute Gasteiger partial charge is 0.390 e. The first kappa shape index (κ1) is 16.3. The molecular formula is C16H28N2O3. The van der Waals surface area contributed by atoms with E-state index in [0.717, 1.165) is 25.8 Å². The fourth-order valence-electron chi connectivity index (χ4n) is 3.12. The van der Waals surface area contributed by atoms with E-state index in [1.165, 1.54) is 0 Å². The predicted octanol–water partition coefficient (Wildman–Crippen LogP) is 1.40. The van der Waals surface area contributed by atoms with Gasteiger partial charge in [-0.05, 0) is 26.2 Å². The van der Waals surface area contributed by atoms with Gasteiger partial charge in [-0.15, -0.1) is 0 Å². The van der Waals surface area contributed by atoms with Gasteiger partial charge in [-0.2, -0.15) is 0 Å². The number of rotatable bonds is 3. The van der Waals surface area contributed by atoms with Crippen molar-refractivity contribution in [2.45, 2.75) is 58.0 Å². The quantitative estimate of drug-likeness (QED) is 0.856. The molecule has 5 nitrogen and oxygen atoms in total. The number of hydrogen-bond donors (Lipinski definition) is 1. The van der Waals surface area contributed by atoms with Gasteiger partial charge in [0, 0.05) is 44.9 Å². The summed E-state index contributed by atoms with van der Waals surface area (Å²) >= 11 is 0. The highest BCUT2D eigenvalue weighted by Gasteiger charge is 2.36. The van der Waals surface area contributed by atoms with Crippen LogP contribution < -0.4 is 0 Å². The van der Waals surface area contributed by atoms with E-state index >= 15 is 0 Å². The second kappa shape index (κ2) is 6.77. The molecule has 2 rings (SSSR count). The van der Waals surface area contributed by atoms with Crippen LogP contribution in [0.2, 0.25) is 0 Å². The lowest BCUT2D eigenvalue weighted by Gasteiger charge is -2.41. The zero-order valence-corrected chi connectivity index (χ0v) is 13.3. The van der Waals surface area contributed by atoms with Gasteiger partial charge in [0.05, 0.1) is 5.60 Å². The lowest BCUT2D eigenvalue weighted by Crippen LogP contribution is -2.51. The van der Waals surface area contributed by atoms with Gasteiger partial charge < -0.3 is 14.9 Å².